The van der Waals surface area contributed by atoms with Crippen molar-refractivity contribution in [2.24, 2.45) is 5.92 Å². The molecule has 106 valence electrons. The topological polar surface area (TPSA) is 82.5 Å². The lowest BCUT2D eigenvalue weighted by molar-refractivity contribution is -0.135. The highest BCUT2D eigenvalue weighted by Crippen LogP contribution is 2.31. The van der Waals surface area contributed by atoms with Gasteiger partial charge < -0.3 is 15.5 Å². The largest absolute Gasteiger partial charge is 0.383 e. The third kappa shape index (κ3) is 2.54. The van der Waals surface area contributed by atoms with Gasteiger partial charge in [0.2, 0.25) is 0 Å². The summed E-state index contributed by atoms with van der Waals surface area (Å²) in [6.45, 7) is 2.03. The summed E-state index contributed by atoms with van der Waals surface area (Å²) in [5.74, 6) is -0.0863. The zero-order valence-corrected chi connectivity index (χ0v) is 11.8. The Morgan fingerprint density at radius 3 is 2.80 bits per heavy atom. The number of aromatic nitrogens is 1. The fourth-order valence-corrected chi connectivity index (χ4v) is 3.07. The molecule has 1 fully saturated rings. The van der Waals surface area contributed by atoms with Crippen molar-refractivity contribution in [2.75, 3.05) is 0 Å². The molecule has 0 aliphatic heterocycles. The van der Waals surface area contributed by atoms with Crippen molar-refractivity contribution in [3.05, 3.63) is 29.3 Å². The van der Waals surface area contributed by atoms with Gasteiger partial charge in [-0.2, -0.15) is 0 Å². The van der Waals surface area contributed by atoms with Crippen LogP contribution in [0.2, 0.25) is 0 Å². The number of thiazole rings is 1. The molecule has 3 rings (SSSR count). The summed E-state index contributed by atoms with van der Waals surface area (Å²) >= 11 is 1.29. The second kappa shape index (κ2) is 5.12. The number of fused-ring (bicyclic) bond motifs is 1. The molecular weight excluding hydrogens is 276 g/mol. The maximum atomic E-state index is 11.8. The standard InChI is InChI=1S/C14H16N2O3S/c1-7-6-9(7)15-13(19)11(17)12(18)14-16-8-4-2-3-5-10(8)20-14/h2-5,7,9,11-12,17-18H,6H2,1H3,(H,15,19). The van der Waals surface area contributed by atoms with E-state index in [4.69, 9.17) is 0 Å². The Kier molecular flexibility index (Phi) is 3.45. The van der Waals surface area contributed by atoms with Crippen LogP contribution in [-0.2, 0) is 4.79 Å². The van der Waals surface area contributed by atoms with E-state index in [1.54, 1.807) is 0 Å². The second-order valence-electron chi connectivity index (χ2n) is 5.24. The number of aliphatic hydroxyl groups is 2. The molecule has 0 radical (unpaired) electrons. The van der Waals surface area contributed by atoms with Crippen LogP contribution in [-0.4, -0.2) is 33.3 Å². The summed E-state index contributed by atoms with van der Waals surface area (Å²) in [5, 5.41) is 23.1. The Bertz CT molecular complexity index is 609. The number of carbonyl (C=O) groups excluding carboxylic acids is 1. The number of aliphatic hydroxyl groups excluding tert-OH is 2. The summed E-state index contributed by atoms with van der Waals surface area (Å²) in [7, 11) is 0. The maximum absolute atomic E-state index is 11.8. The highest BCUT2D eigenvalue weighted by Gasteiger charge is 2.37. The van der Waals surface area contributed by atoms with Gasteiger partial charge in [0.15, 0.2) is 6.10 Å². The molecule has 0 spiro atoms. The van der Waals surface area contributed by atoms with Crippen molar-refractivity contribution < 1.29 is 15.0 Å². The van der Waals surface area contributed by atoms with Crippen LogP contribution < -0.4 is 5.32 Å². The normalized spacial score (nSPS) is 24.4. The number of carbonyl (C=O) groups is 1. The van der Waals surface area contributed by atoms with Crippen molar-refractivity contribution >= 4 is 27.5 Å². The van der Waals surface area contributed by atoms with Crippen LogP contribution in [0, 0.1) is 5.92 Å². The molecule has 1 aromatic heterocycles. The van der Waals surface area contributed by atoms with Crippen molar-refractivity contribution in [1.82, 2.24) is 10.3 Å². The minimum Gasteiger partial charge on any atom is -0.383 e. The smallest absolute Gasteiger partial charge is 0.252 e. The molecule has 1 aliphatic carbocycles. The van der Waals surface area contributed by atoms with Gasteiger partial charge in [0.1, 0.15) is 11.1 Å². The lowest BCUT2D eigenvalue weighted by Crippen LogP contribution is -2.40. The average molecular weight is 292 g/mol. The lowest BCUT2D eigenvalue weighted by atomic mass is 10.2. The van der Waals surface area contributed by atoms with Crippen molar-refractivity contribution in [1.29, 1.82) is 0 Å². The molecule has 5 nitrogen and oxygen atoms in total. The molecule has 3 N–H and O–H groups in total. The lowest BCUT2D eigenvalue weighted by Gasteiger charge is -2.15. The molecular formula is C14H16N2O3S. The predicted octanol–water partition coefficient (Wildman–Crippen LogP) is 1.22. The minimum atomic E-state index is -1.48. The summed E-state index contributed by atoms with van der Waals surface area (Å²) in [4.78, 5) is 16.1. The van der Waals surface area contributed by atoms with Crippen molar-refractivity contribution in [2.45, 2.75) is 31.6 Å². The first kappa shape index (κ1) is 13.5. The zero-order valence-electron chi connectivity index (χ0n) is 11.0. The van der Waals surface area contributed by atoms with Gasteiger partial charge in [0.05, 0.1) is 10.2 Å². The number of nitrogens with one attached hydrogen (secondary N) is 1. The number of hydrogen-bond donors (Lipinski definition) is 3. The summed E-state index contributed by atoms with van der Waals surface area (Å²) in [6, 6.07) is 7.59. The van der Waals surface area contributed by atoms with Crippen LogP contribution in [0.15, 0.2) is 24.3 Å². The predicted molar refractivity (Wildman–Crippen MR) is 76.3 cm³/mol. The van der Waals surface area contributed by atoms with E-state index in [-0.39, 0.29) is 6.04 Å². The molecule has 1 heterocycles. The van der Waals surface area contributed by atoms with Gasteiger partial charge in [-0.05, 0) is 24.5 Å². The molecule has 4 atom stereocenters. The summed E-state index contributed by atoms with van der Waals surface area (Å²) in [5.41, 5.74) is 0.759. The van der Waals surface area contributed by atoms with E-state index >= 15 is 0 Å². The summed E-state index contributed by atoms with van der Waals surface area (Å²) in [6.07, 6.45) is -1.85. The van der Waals surface area contributed by atoms with Crippen LogP contribution in [0.25, 0.3) is 10.2 Å². The van der Waals surface area contributed by atoms with E-state index in [0.717, 1.165) is 16.6 Å². The Hall–Kier alpha value is -1.50. The number of hydrogen-bond acceptors (Lipinski definition) is 5. The van der Waals surface area contributed by atoms with Gasteiger partial charge >= 0.3 is 0 Å². The highest BCUT2D eigenvalue weighted by atomic mass is 32.1. The second-order valence-corrected chi connectivity index (χ2v) is 6.30. The average Bonchev–Trinajstić information content (AvgIpc) is 2.98. The molecule has 2 aromatic rings. The number of rotatable bonds is 4. The van der Waals surface area contributed by atoms with Gasteiger partial charge in [-0.25, -0.2) is 4.98 Å². The van der Waals surface area contributed by atoms with Gasteiger partial charge in [0, 0.05) is 6.04 Å². The van der Waals surface area contributed by atoms with E-state index in [1.807, 2.05) is 31.2 Å². The zero-order chi connectivity index (χ0) is 14.3. The van der Waals surface area contributed by atoms with Crippen LogP contribution >= 0.6 is 11.3 Å². The third-order valence-electron chi connectivity index (χ3n) is 3.57. The maximum Gasteiger partial charge on any atom is 0.252 e. The van der Waals surface area contributed by atoms with Gasteiger partial charge in [0.25, 0.3) is 5.91 Å². The highest BCUT2D eigenvalue weighted by molar-refractivity contribution is 7.18. The van der Waals surface area contributed by atoms with Crippen LogP contribution in [0.4, 0.5) is 0 Å². The first-order valence-corrected chi connectivity index (χ1v) is 7.40. The summed E-state index contributed by atoms with van der Waals surface area (Å²) < 4.78 is 0.921. The SMILES string of the molecule is CC1CC1NC(=O)C(O)C(O)c1nc2ccccc2s1. The first-order chi connectivity index (χ1) is 9.56. The number of amides is 1. The van der Waals surface area contributed by atoms with Gasteiger partial charge in [-0.15, -0.1) is 11.3 Å². The Morgan fingerprint density at radius 1 is 1.45 bits per heavy atom. The molecule has 1 saturated carbocycles. The Morgan fingerprint density at radius 2 is 2.15 bits per heavy atom. The fraction of sp³-hybridized carbons (Fsp3) is 0.429. The number of para-hydroxylation sites is 1. The van der Waals surface area contributed by atoms with Crippen molar-refractivity contribution in [3.8, 4) is 0 Å². The van der Waals surface area contributed by atoms with Crippen molar-refractivity contribution in [3.63, 3.8) is 0 Å². The molecule has 4 unspecified atom stereocenters. The third-order valence-corrected chi connectivity index (χ3v) is 4.68. The molecule has 6 heteroatoms. The van der Waals surface area contributed by atoms with Gasteiger partial charge in [-0.3, -0.25) is 4.79 Å². The van der Waals surface area contributed by atoms with Gasteiger partial charge in [-0.1, -0.05) is 19.1 Å². The van der Waals surface area contributed by atoms with E-state index < -0.39 is 18.1 Å². The van der Waals surface area contributed by atoms with E-state index in [0.29, 0.717) is 10.9 Å². The molecule has 0 saturated heterocycles. The van der Waals surface area contributed by atoms with Crippen LogP contribution in [0.5, 0.6) is 0 Å². The molecule has 20 heavy (non-hydrogen) atoms. The fourth-order valence-electron chi connectivity index (χ4n) is 2.09. The first-order valence-electron chi connectivity index (χ1n) is 6.58. The van der Waals surface area contributed by atoms with E-state index in [9.17, 15) is 15.0 Å². The molecule has 1 aliphatic rings. The number of benzene rings is 1. The molecule has 1 amide bonds. The van der Waals surface area contributed by atoms with E-state index in [2.05, 4.69) is 10.3 Å². The Labute approximate surface area is 120 Å². The van der Waals surface area contributed by atoms with Crippen LogP contribution in [0.1, 0.15) is 24.5 Å². The van der Waals surface area contributed by atoms with E-state index in [1.165, 1.54) is 11.3 Å². The molecule has 1 aromatic carbocycles. The van der Waals surface area contributed by atoms with Crippen LogP contribution in [0.3, 0.4) is 0 Å². The molecule has 0 bridgehead atoms. The quantitative estimate of drug-likeness (QED) is 0.791. The minimum absolute atomic E-state index is 0.125. The monoisotopic (exact) mass is 292 g/mol. The Balaban J connectivity index is 1.73. The number of nitrogens with zero attached hydrogens (tertiary/aromatic N) is 1.